The van der Waals surface area contributed by atoms with Crippen LogP contribution in [0, 0.1) is 46.5 Å². The van der Waals surface area contributed by atoms with Gasteiger partial charge in [0, 0.05) is 17.7 Å². The number of hydrogen-bond acceptors (Lipinski definition) is 8. The van der Waals surface area contributed by atoms with E-state index in [9.17, 15) is 24.6 Å². The molecule has 11 heteroatoms. The maximum atomic E-state index is 14.1. The van der Waals surface area contributed by atoms with Gasteiger partial charge in [0.25, 0.3) is 5.69 Å². The van der Waals surface area contributed by atoms with Crippen molar-refractivity contribution in [3.63, 3.8) is 0 Å². The lowest BCUT2D eigenvalue weighted by Crippen LogP contribution is -2.42. The fourth-order valence-electron chi connectivity index (χ4n) is 6.22. The van der Waals surface area contributed by atoms with Crippen molar-refractivity contribution in [1.82, 2.24) is 0 Å². The molecule has 0 spiro atoms. The molecule has 1 unspecified atom stereocenters. The van der Waals surface area contributed by atoms with E-state index in [1.807, 2.05) is 39.8 Å². The van der Waals surface area contributed by atoms with Crippen LogP contribution in [0.2, 0.25) is 5.02 Å². The Morgan fingerprint density at radius 2 is 1.91 bits per heavy atom. The van der Waals surface area contributed by atoms with Gasteiger partial charge in [0.1, 0.15) is 35.4 Å². The summed E-state index contributed by atoms with van der Waals surface area (Å²) in [6, 6.07) is 14.4. The SMILES string of the molecule is COc1ccc(N2C(N)=C(C#N)C(c3cc(C)cc(COc4ccc(F)cc4Cl)c3C)C3=C2CC(C)(C)CC3=O)c([N+](=O)[O-])c1. The van der Waals surface area contributed by atoms with Crippen molar-refractivity contribution in [2.45, 2.75) is 53.1 Å². The average Bonchev–Trinajstić information content (AvgIpc) is 2.96. The molecule has 0 amide bonds. The summed E-state index contributed by atoms with van der Waals surface area (Å²) in [5.41, 5.74) is 10.3. The fourth-order valence-corrected chi connectivity index (χ4v) is 6.44. The van der Waals surface area contributed by atoms with E-state index >= 15 is 0 Å². The summed E-state index contributed by atoms with van der Waals surface area (Å²) in [4.78, 5) is 27.3. The third kappa shape index (κ3) is 5.83. The van der Waals surface area contributed by atoms with E-state index < -0.39 is 22.1 Å². The normalized spacial score (nSPS) is 17.6. The minimum atomic E-state index is -0.810. The van der Waals surface area contributed by atoms with Gasteiger partial charge in [-0.25, -0.2) is 4.39 Å². The van der Waals surface area contributed by atoms with Gasteiger partial charge in [-0.1, -0.05) is 43.1 Å². The number of nitro benzene ring substituents is 1. The Hall–Kier alpha value is -4.88. The lowest BCUT2D eigenvalue weighted by Gasteiger charge is -2.43. The lowest BCUT2D eigenvalue weighted by atomic mass is 9.68. The standard InChI is InChI=1S/C34H32ClFN4O5/c1-18-10-20(17-45-30-9-6-21(36)12-25(30)35)19(2)23(11-18)31-24(16-37)33(38)39(28-14-34(3,4)15-29(41)32(28)31)26-8-7-22(44-5)13-27(26)40(42)43/h6-13,31H,14-15,17,38H2,1-5H3. The number of carbonyl (C=O) groups is 1. The number of benzene rings is 3. The van der Waals surface area contributed by atoms with Gasteiger partial charge in [-0.15, -0.1) is 0 Å². The number of anilines is 1. The molecular weight excluding hydrogens is 599 g/mol. The minimum absolute atomic E-state index is 0.0109. The highest BCUT2D eigenvalue weighted by Gasteiger charge is 2.46. The van der Waals surface area contributed by atoms with Crippen LogP contribution in [0.1, 0.15) is 54.9 Å². The van der Waals surface area contributed by atoms with Crippen LogP contribution in [0.3, 0.4) is 0 Å². The van der Waals surface area contributed by atoms with Gasteiger partial charge in [-0.05, 0) is 72.7 Å². The Morgan fingerprint density at radius 3 is 2.56 bits per heavy atom. The maximum Gasteiger partial charge on any atom is 0.296 e. The highest BCUT2D eigenvalue weighted by Crippen LogP contribution is 2.52. The molecule has 232 valence electrons. The van der Waals surface area contributed by atoms with Crippen molar-refractivity contribution in [3.8, 4) is 17.6 Å². The second-order valence-corrected chi connectivity index (χ2v) is 12.5. The van der Waals surface area contributed by atoms with Crippen LogP contribution in [-0.4, -0.2) is 17.8 Å². The average molecular weight is 631 g/mol. The number of aryl methyl sites for hydroxylation is 1. The quantitative estimate of drug-likeness (QED) is 0.209. The highest BCUT2D eigenvalue weighted by atomic mass is 35.5. The van der Waals surface area contributed by atoms with Crippen LogP contribution in [0.4, 0.5) is 15.8 Å². The molecule has 1 aliphatic heterocycles. The number of allylic oxidation sites excluding steroid dienone is 3. The molecule has 9 nitrogen and oxygen atoms in total. The molecule has 2 N–H and O–H groups in total. The van der Waals surface area contributed by atoms with Crippen LogP contribution in [0.5, 0.6) is 11.5 Å². The van der Waals surface area contributed by atoms with Crippen molar-refractivity contribution in [3.05, 3.63) is 114 Å². The van der Waals surface area contributed by atoms with Gasteiger partial charge in [0.15, 0.2) is 5.78 Å². The van der Waals surface area contributed by atoms with E-state index in [1.165, 1.54) is 42.3 Å². The Morgan fingerprint density at radius 1 is 1.18 bits per heavy atom. The van der Waals surface area contributed by atoms with Crippen LogP contribution in [-0.2, 0) is 11.4 Å². The Bertz CT molecular complexity index is 1860. The molecule has 0 aromatic heterocycles. The number of nitrogens with two attached hydrogens (primary N) is 1. The molecule has 0 bridgehead atoms. The smallest absolute Gasteiger partial charge is 0.296 e. The van der Waals surface area contributed by atoms with Crippen LogP contribution >= 0.6 is 11.6 Å². The predicted octanol–water partition coefficient (Wildman–Crippen LogP) is 7.53. The van der Waals surface area contributed by atoms with Crippen LogP contribution < -0.4 is 20.1 Å². The first kappa shape index (κ1) is 31.5. The Labute approximate surface area is 265 Å². The van der Waals surface area contributed by atoms with Gasteiger partial charge >= 0.3 is 0 Å². The number of ether oxygens (including phenoxy) is 2. The monoisotopic (exact) mass is 630 g/mol. The molecular formula is C34H32ClFN4O5. The van der Waals surface area contributed by atoms with E-state index in [4.69, 9.17) is 26.8 Å². The zero-order chi connectivity index (χ0) is 32.8. The number of nitrogens with zero attached hydrogens (tertiary/aromatic N) is 3. The van der Waals surface area contributed by atoms with Crippen molar-refractivity contribution < 1.29 is 23.6 Å². The molecule has 45 heavy (non-hydrogen) atoms. The van der Waals surface area contributed by atoms with Gasteiger partial charge in [0.05, 0.1) is 40.7 Å². The number of halogens is 2. The highest BCUT2D eigenvalue weighted by molar-refractivity contribution is 6.32. The summed E-state index contributed by atoms with van der Waals surface area (Å²) in [6.07, 6.45) is 0.612. The number of ketones is 1. The predicted molar refractivity (Wildman–Crippen MR) is 168 cm³/mol. The third-order valence-electron chi connectivity index (χ3n) is 8.29. The zero-order valence-electron chi connectivity index (χ0n) is 25.5. The van der Waals surface area contributed by atoms with E-state index in [1.54, 1.807) is 6.07 Å². The second-order valence-electron chi connectivity index (χ2n) is 12.1. The lowest BCUT2D eigenvalue weighted by molar-refractivity contribution is -0.384. The Balaban J connectivity index is 1.70. The summed E-state index contributed by atoms with van der Waals surface area (Å²) >= 11 is 6.18. The van der Waals surface area contributed by atoms with Gasteiger partial charge in [-0.2, -0.15) is 5.26 Å². The van der Waals surface area contributed by atoms with E-state index in [-0.39, 0.29) is 52.4 Å². The first-order chi connectivity index (χ1) is 21.3. The molecule has 0 saturated heterocycles. The van der Waals surface area contributed by atoms with E-state index in [0.29, 0.717) is 29.0 Å². The maximum absolute atomic E-state index is 14.1. The molecule has 3 aromatic rings. The largest absolute Gasteiger partial charge is 0.496 e. The van der Waals surface area contributed by atoms with E-state index in [0.717, 1.165) is 16.7 Å². The first-order valence-electron chi connectivity index (χ1n) is 14.2. The number of nitriles is 1. The molecule has 2 aliphatic rings. The Kier molecular flexibility index (Phi) is 8.34. The fraction of sp³-hybridized carbons (Fsp3) is 0.294. The molecule has 0 fully saturated rings. The van der Waals surface area contributed by atoms with Crippen molar-refractivity contribution >= 4 is 28.8 Å². The number of carbonyl (C=O) groups excluding carboxylic acids is 1. The number of methoxy groups -OCH3 is 1. The number of nitro groups is 1. The summed E-state index contributed by atoms with van der Waals surface area (Å²) in [7, 11) is 1.41. The van der Waals surface area contributed by atoms with Crippen LogP contribution in [0.15, 0.2) is 71.2 Å². The molecule has 1 atom stereocenters. The van der Waals surface area contributed by atoms with Crippen molar-refractivity contribution in [2.24, 2.45) is 11.1 Å². The molecule has 3 aromatic carbocycles. The number of rotatable bonds is 7. The zero-order valence-corrected chi connectivity index (χ0v) is 26.3. The summed E-state index contributed by atoms with van der Waals surface area (Å²) in [6.45, 7) is 7.78. The van der Waals surface area contributed by atoms with E-state index in [2.05, 4.69) is 6.07 Å². The molecule has 0 radical (unpaired) electrons. The summed E-state index contributed by atoms with van der Waals surface area (Å²) in [5, 5.41) is 22.9. The molecule has 0 saturated carbocycles. The van der Waals surface area contributed by atoms with Crippen molar-refractivity contribution in [1.29, 1.82) is 5.26 Å². The summed E-state index contributed by atoms with van der Waals surface area (Å²) in [5.74, 6) is -0.849. The number of hydrogen-bond donors (Lipinski definition) is 1. The van der Waals surface area contributed by atoms with Gasteiger partial charge < -0.3 is 15.2 Å². The van der Waals surface area contributed by atoms with Gasteiger partial charge in [0.2, 0.25) is 0 Å². The minimum Gasteiger partial charge on any atom is -0.496 e. The van der Waals surface area contributed by atoms with Gasteiger partial charge in [-0.3, -0.25) is 19.8 Å². The molecule has 1 aliphatic carbocycles. The van der Waals surface area contributed by atoms with Crippen LogP contribution in [0.25, 0.3) is 0 Å². The first-order valence-corrected chi connectivity index (χ1v) is 14.6. The number of Topliss-reactive ketones (excluding diaryl/α,β-unsaturated/α-hetero) is 1. The summed E-state index contributed by atoms with van der Waals surface area (Å²) < 4.78 is 24.8. The second kappa shape index (κ2) is 11.9. The topological polar surface area (TPSA) is 132 Å². The van der Waals surface area contributed by atoms with Crippen molar-refractivity contribution in [2.75, 3.05) is 12.0 Å². The molecule has 5 rings (SSSR count). The third-order valence-corrected chi connectivity index (χ3v) is 8.58. The molecule has 1 heterocycles.